The second-order valence-corrected chi connectivity index (χ2v) is 5.48. The molecular weight excluding hydrogens is 307 g/mol. The van der Waals surface area contributed by atoms with Gasteiger partial charge >= 0.3 is 0 Å². The van der Waals surface area contributed by atoms with Gasteiger partial charge in [-0.05, 0) is 36.4 Å². The molecule has 0 aliphatic heterocycles. The monoisotopic (exact) mass is 322 g/mol. The highest BCUT2D eigenvalue weighted by Gasteiger charge is 2.08. The molecule has 0 saturated heterocycles. The van der Waals surface area contributed by atoms with Gasteiger partial charge < -0.3 is 10.6 Å². The van der Waals surface area contributed by atoms with E-state index in [4.69, 9.17) is 23.2 Å². The number of benzene rings is 2. The van der Waals surface area contributed by atoms with E-state index in [1.807, 2.05) is 31.3 Å². The zero-order chi connectivity index (χ0) is 15.2. The minimum absolute atomic E-state index is 0.0862. The lowest BCUT2D eigenvalue weighted by Gasteiger charge is -2.11. The third-order valence-electron chi connectivity index (χ3n) is 3.01. The van der Waals surface area contributed by atoms with Crippen LogP contribution in [0.15, 0.2) is 42.5 Å². The van der Waals surface area contributed by atoms with Gasteiger partial charge in [0.1, 0.15) is 0 Å². The van der Waals surface area contributed by atoms with Crippen LogP contribution in [0.1, 0.15) is 11.1 Å². The lowest BCUT2D eigenvalue weighted by atomic mass is 10.1. The minimum Gasteiger partial charge on any atom is -0.325 e. The molecule has 5 heteroatoms. The van der Waals surface area contributed by atoms with Crippen LogP contribution in [0.25, 0.3) is 0 Å². The van der Waals surface area contributed by atoms with Crippen molar-refractivity contribution in [1.82, 2.24) is 5.32 Å². The van der Waals surface area contributed by atoms with E-state index in [0.717, 1.165) is 16.8 Å². The summed E-state index contributed by atoms with van der Waals surface area (Å²) in [6, 6.07) is 12.9. The first kappa shape index (κ1) is 15.8. The molecule has 0 spiro atoms. The van der Waals surface area contributed by atoms with Crippen molar-refractivity contribution in [2.24, 2.45) is 0 Å². The summed E-state index contributed by atoms with van der Waals surface area (Å²) in [5, 5.41) is 6.94. The predicted molar refractivity (Wildman–Crippen MR) is 88.0 cm³/mol. The first-order valence-electron chi connectivity index (χ1n) is 6.56. The average molecular weight is 323 g/mol. The minimum atomic E-state index is -0.0862. The second kappa shape index (κ2) is 7.46. The number of rotatable bonds is 5. The maximum Gasteiger partial charge on any atom is 0.228 e. The topological polar surface area (TPSA) is 41.1 Å². The van der Waals surface area contributed by atoms with Gasteiger partial charge in [0.05, 0.1) is 16.5 Å². The molecule has 0 unspecified atom stereocenters. The van der Waals surface area contributed by atoms with Crippen molar-refractivity contribution in [3.63, 3.8) is 0 Å². The third-order valence-corrected chi connectivity index (χ3v) is 3.75. The molecule has 2 rings (SSSR count). The first-order valence-corrected chi connectivity index (χ1v) is 7.32. The molecule has 21 heavy (non-hydrogen) atoms. The summed E-state index contributed by atoms with van der Waals surface area (Å²) in [5.41, 5.74) is 2.69. The number of hydrogen-bond acceptors (Lipinski definition) is 2. The third kappa shape index (κ3) is 4.46. The molecular formula is C16H16Cl2N2O. The summed E-state index contributed by atoms with van der Waals surface area (Å²) in [6.07, 6.45) is 0.255. The number of amides is 1. The van der Waals surface area contributed by atoms with Gasteiger partial charge in [0.15, 0.2) is 0 Å². The van der Waals surface area contributed by atoms with Gasteiger partial charge in [0.2, 0.25) is 5.91 Å². The summed E-state index contributed by atoms with van der Waals surface area (Å²) < 4.78 is 0. The van der Waals surface area contributed by atoms with Crippen LogP contribution in [0.3, 0.4) is 0 Å². The Morgan fingerprint density at radius 3 is 2.57 bits per heavy atom. The Bertz CT molecular complexity index is 644. The van der Waals surface area contributed by atoms with E-state index in [2.05, 4.69) is 10.6 Å². The molecule has 0 heterocycles. The lowest BCUT2D eigenvalue weighted by molar-refractivity contribution is -0.115. The average Bonchev–Trinajstić information content (AvgIpc) is 2.45. The van der Waals surface area contributed by atoms with Gasteiger partial charge in [-0.3, -0.25) is 4.79 Å². The number of halogens is 2. The molecule has 0 aliphatic carbocycles. The molecule has 0 aromatic heterocycles. The Labute approximate surface area is 134 Å². The standard InChI is InChI=1S/C16H16Cl2N2O/c1-19-10-12-4-2-3-5-15(12)20-16(21)9-11-6-7-13(17)14(18)8-11/h2-8,19H,9-10H2,1H3,(H,20,21). The molecule has 0 saturated carbocycles. The zero-order valence-corrected chi connectivity index (χ0v) is 13.1. The number of carbonyl (C=O) groups is 1. The summed E-state index contributed by atoms with van der Waals surface area (Å²) in [7, 11) is 1.87. The predicted octanol–water partition coefficient (Wildman–Crippen LogP) is 3.89. The highest BCUT2D eigenvalue weighted by atomic mass is 35.5. The number of hydrogen-bond donors (Lipinski definition) is 2. The molecule has 0 aliphatic rings. The Morgan fingerprint density at radius 2 is 1.86 bits per heavy atom. The highest BCUT2D eigenvalue weighted by Crippen LogP contribution is 2.23. The van der Waals surface area contributed by atoms with Crippen LogP contribution in [-0.4, -0.2) is 13.0 Å². The Kier molecular flexibility index (Phi) is 5.62. The molecule has 0 atom stereocenters. The van der Waals surface area contributed by atoms with Crippen molar-refractivity contribution in [3.05, 3.63) is 63.6 Å². The summed E-state index contributed by atoms with van der Waals surface area (Å²) in [6.45, 7) is 0.698. The Balaban J connectivity index is 2.06. The highest BCUT2D eigenvalue weighted by molar-refractivity contribution is 6.42. The van der Waals surface area contributed by atoms with Crippen LogP contribution in [0.2, 0.25) is 10.0 Å². The van der Waals surface area contributed by atoms with E-state index in [-0.39, 0.29) is 12.3 Å². The number of anilines is 1. The van der Waals surface area contributed by atoms with E-state index in [1.54, 1.807) is 18.2 Å². The van der Waals surface area contributed by atoms with Crippen LogP contribution < -0.4 is 10.6 Å². The fraction of sp³-hybridized carbons (Fsp3) is 0.188. The van der Waals surface area contributed by atoms with Gasteiger partial charge in [0, 0.05) is 12.2 Å². The number of carbonyl (C=O) groups excluding carboxylic acids is 1. The van der Waals surface area contributed by atoms with E-state index in [0.29, 0.717) is 16.6 Å². The largest absolute Gasteiger partial charge is 0.325 e. The SMILES string of the molecule is CNCc1ccccc1NC(=O)Cc1ccc(Cl)c(Cl)c1. The van der Waals surface area contributed by atoms with Gasteiger partial charge in [-0.25, -0.2) is 0 Å². The maximum absolute atomic E-state index is 12.1. The summed E-state index contributed by atoms with van der Waals surface area (Å²) in [5.74, 6) is -0.0862. The van der Waals surface area contributed by atoms with Crippen LogP contribution in [-0.2, 0) is 17.8 Å². The van der Waals surface area contributed by atoms with Crippen molar-refractivity contribution in [2.45, 2.75) is 13.0 Å². The normalized spacial score (nSPS) is 10.4. The molecule has 110 valence electrons. The van der Waals surface area contributed by atoms with Crippen molar-refractivity contribution >= 4 is 34.8 Å². The molecule has 2 aromatic carbocycles. The van der Waals surface area contributed by atoms with E-state index < -0.39 is 0 Å². The van der Waals surface area contributed by atoms with Crippen molar-refractivity contribution < 1.29 is 4.79 Å². The molecule has 2 N–H and O–H groups in total. The second-order valence-electron chi connectivity index (χ2n) is 4.66. The van der Waals surface area contributed by atoms with Crippen molar-refractivity contribution in [2.75, 3.05) is 12.4 Å². The molecule has 3 nitrogen and oxygen atoms in total. The number of para-hydroxylation sites is 1. The van der Waals surface area contributed by atoms with Crippen molar-refractivity contribution in [1.29, 1.82) is 0 Å². The quantitative estimate of drug-likeness (QED) is 0.876. The van der Waals surface area contributed by atoms with Crippen LogP contribution in [0.5, 0.6) is 0 Å². The fourth-order valence-electron chi connectivity index (χ4n) is 2.02. The molecule has 0 fully saturated rings. The molecule has 1 amide bonds. The van der Waals surface area contributed by atoms with E-state index >= 15 is 0 Å². The van der Waals surface area contributed by atoms with Crippen LogP contribution in [0.4, 0.5) is 5.69 Å². The van der Waals surface area contributed by atoms with Crippen LogP contribution in [0, 0.1) is 0 Å². The Hall–Kier alpha value is -1.55. The summed E-state index contributed by atoms with van der Waals surface area (Å²) >= 11 is 11.8. The molecule has 2 aromatic rings. The molecule has 0 radical (unpaired) electrons. The zero-order valence-electron chi connectivity index (χ0n) is 11.6. The van der Waals surface area contributed by atoms with Crippen LogP contribution >= 0.6 is 23.2 Å². The summed E-state index contributed by atoms with van der Waals surface area (Å²) in [4.78, 5) is 12.1. The first-order chi connectivity index (χ1) is 10.1. The maximum atomic E-state index is 12.1. The Morgan fingerprint density at radius 1 is 1.10 bits per heavy atom. The van der Waals surface area contributed by atoms with Crippen molar-refractivity contribution in [3.8, 4) is 0 Å². The number of nitrogens with one attached hydrogen (secondary N) is 2. The smallest absolute Gasteiger partial charge is 0.228 e. The van der Waals surface area contributed by atoms with E-state index in [9.17, 15) is 4.79 Å². The van der Waals surface area contributed by atoms with Gasteiger partial charge in [0.25, 0.3) is 0 Å². The fourth-order valence-corrected chi connectivity index (χ4v) is 2.34. The van der Waals surface area contributed by atoms with E-state index in [1.165, 1.54) is 0 Å². The lowest BCUT2D eigenvalue weighted by Crippen LogP contribution is -2.17. The molecule has 0 bridgehead atoms. The van der Waals surface area contributed by atoms with Gasteiger partial charge in [-0.15, -0.1) is 0 Å². The van der Waals surface area contributed by atoms with Gasteiger partial charge in [-0.1, -0.05) is 47.5 Å². The van der Waals surface area contributed by atoms with Gasteiger partial charge in [-0.2, -0.15) is 0 Å².